The Morgan fingerprint density at radius 1 is 0.559 bits per heavy atom. The Labute approximate surface area is 198 Å². The summed E-state index contributed by atoms with van der Waals surface area (Å²) in [7, 11) is 0. The molecule has 0 spiro atoms. The van der Waals surface area contributed by atoms with Gasteiger partial charge in [-0.2, -0.15) is 5.26 Å². The van der Waals surface area contributed by atoms with Crippen molar-refractivity contribution in [2.75, 3.05) is 13.1 Å². The second-order valence-corrected chi connectivity index (χ2v) is 8.05. The summed E-state index contributed by atoms with van der Waals surface area (Å²) in [6.07, 6.45) is 11.2. The molecule has 34 heavy (non-hydrogen) atoms. The fourth-order valence-electron chi connectivity index (χ4n) is 3.63. The molecule has 1 aromatic heterocycles. The molecule has 0 unspecified atom stereocenters. The Morgan fingerprint density at radius 3 is 1.29 bits per heavy atom. The molecule has 1 aromatic rings. The topological polar surface area (TPSA) is 149 Å². The summed E-state index contributed by atoms with van der Waals surface area (Å²) in [6.45, 7) is 1.39. The molecular weight excluding hydrogens is 440 g/mol. The number of nitriles is 1. The first-order valence-corrected chi connectivity index (χ1v) is 12.0. The SMILES string of the molecule is N#CCCCCCCn1c(=O)n(CCCCCCN=C=O)c(=O)n(CCCCCN=C=O)c1=O. The molecule has 0 fully saturated rings. The first kappa shape index (κ1) is 28.7. The Kier molecular flexibility index (Phi) is 15.3. The summed E-state index contributed by atoms with van der Waals surface area (Å²) in [5.41, 5.74) is -1.79. The van der Waals surface area contributed by atoms with Crippen molar-refractivity contribution >= 4 is 12.2 Å². The highest BCUT2D eigenvalue weighted by Gasteiger charge is 2.15. The van der Waals surface area contributed by atoms with E-state index in [1.807, 2.05) is 0 Å². The lowest BCUT2D eigenvalue weighted by Crippen LogP contribution is -2.54. The summed E-state index contributed by atoms with van der Waals surface area (Å²) >= 11 is 0. The zero-order valence-corrected chi connectivity index (χ0v) is 19.7. The van der Waals surface area contributed by atoms with Gasteiger partial charge in [0.15, 0.2) is 0 Å². The lowest BCUT2D eigenvalue weighted by atomic mass is 10.1. The number of hydrogen-bond donors (Lipinski definition) is 0. The van der Waals surface area contributed by atoms with E-state index >= 15 is 0 Å². The van der Waals surface area contributed by atoms with Crippen LogP contribution in [0.5, 0.6) is 0 Å². The van der Waals surface area contributed by atoms with Crippen LogP contribution in [-0.2, 0) is 29.2 Å². The molecule has 0 aliphatic carbocycles. The molecule has 0 amide bonds. The van der Waals surface area contributed by atoms with Crippen LogP contribution in [0.2, 0.25) is 0 Å². The quantitative estimate of drug-likeness (QED) is 0.170. The van der Waals surface area contributed by atoms with Gasteiger partial charge in [0.25, 0.3) is 0 Å². The van der Waals surface area contributed by atoms with E-state index in [-0.39, 0.29) is 19.6 Å². The highest BCUT2D eigenvalue weighted by molar-refractivity contribution is 5.32. The second kappa shape index (κ2) is 18.1. The molecule has 11 nitrogen and oxygen atoms in total. The van der Waals surface area contributed by atoms with Gasteiger partial charge in [-0.1, -0.05) is 25.7 Å². The van der Waals surface area contributed by atoms with Crippen LogP contribution in [0, 0.1) is 11.3 Å². The van der Waals surface area contributed by atoms with Gasteiger partial charge < -0.3 is 0 Å². The van der Waals surface area contributed by atoms with E-state index in [0.717, 1.165) is 52.2 Å². The second-order valence-electron chi connectivity index (χ2n) is 8.05. The summed E-state index contributed by atoms with van der Waals surface area (Å²) in [4.78, 5) is 66.0. The van der Waals surface area contributed by atoms with Crippen molar-refractivity contribution in [3.8, 4) is 6.07 Å². The third-order valence-corrected chi connectivity index (χ3v) is 5.49. The zero-order valence-electron chi connectivity index (χ0n) is 19.7. The number of aliphatic imine (C=N–C) groups is 2. The lowest BCUT2D eigenvalue weighted by molar-refractivity contribution is 0.413. The monoisotopic (exact) mass is 474 g/mol. The van der Waals surface area contributed by atoms with Crippen molar-refractivity contribution < 1.29 is 9.59 Å². The van der Waals surface area contributed by atoms with Gasteiger partial charge in [-0.15, -0.1) is 0 Å². The van der Waals surface area contributed by atoms with Crippen molar-refractivity contribution in [2.24, 2.45) is 9.98 Å². The number of rotatable bonds is 19. The molecule has 0 bridgehead atoms. The van der Waals surface area contributed by atoms with Crippen molar-refractivity contribution in [1.82, 2.24) is 13.7 Å². The van der Waals surface area contributed by atoms with Gasteiger partial charge in [-0.05, 0) is 44.9 Å². The summed E-state index contributed by atoms with van der Waals surface area (Å²) in [5.74, 6) is 0. The molecule has 0 N–H and O–H groups in total. The number of aromatic nitrogens is 3. The third-order valence-electron chi connectivity index (χ3n) is 5.49. The van der Waals surface area contributed by atoms with Crippen molar-refractivity contribution in [2.45, 2.75) is 96.7 Å². The normalized spacial score (nSPS) is 10.3. The van der Waals surface area contributed by atoms with Crippen LogP contribution in [0.3, 0.4) is 0 Å². The Balaban J connectivity index is 2.93. The van der Waals surface area contributed by atoms with Gasteiger partial charge in [0, 0.05) is 26.1 Å². The number of carbonyl (C=O) groups excluding carboxylic acids is 2. The Morgan fingerprint density at radius 2 is 0.912 bits per heavy atom. The molecule has 0 atom stereocenters. The summed E-state index contributed by atoms with van der Waals surface area (Å²) in [5, 5.41) is 8.62. The van der Waals surface area contributed by atoms with E-state index in [4.69, 9.17) is 5.26 Å². The summed E-state index contributed by atoms with van der Waals surface area (Å²) < 4.78 is 3.40. The maximum Gasteiger partial charge on any atom is 0.336 e. The van der Waals surface area contributed by atoms with Crippen LogP contribution < -0.4 is 17.1 Å². The summed E-state index contributed by atoms with van der Waals surface area (Å²) in [6, 6.07) is 2.10. The Bertz CT molecular complexity index is 1050. The average molecular weight is 475 g/mol. The minimum absolute atomic E-state index is 0.189. The van der Waals surface area contributed by atoms with Gasteiger partial charge in [-0.3, -0.25) is 0 Å². The zero-order chi connectivity index (χ0) is 25.0. The van der Waals surface area contributed by atoms with E-state index in [0.29, 0.717) is 51.6 Å². The molecule has 0 aromatic carbocycles. The first-order valence-electron chi connectivity index (χ1n) is 12.0. The van der Waals surface area contributed by atoms with E-state index in [1.165, 1.54) is 12.2 Å². The average Bonchev–Trinajstić information content (AvgIpc) is 2.83. The minimum atomic E-state index is -0.600. The Hall–Kier alpha value is -3.34. The van der Waals surface area contributed by atoms with Crippen LogP contribution in [0.15, 0.2) is 24.4 Å². The molecule has 0 aliphatic heterocycles. The van der Waals surface area contributed by atoms with Gasteiger partial charge in [0.2, 0.25) is 12.2 Å². The third kappa shape index (κ3) is 10.5. The van der Waals surface area contributed by atoms with Crippen molar-refractivity contribution in [3.63, 3.8) is 0 Å². The molecular formula is C23H34N6O5. The molecule has 0 saturated carbocycles. The molecule has 0 saturated heterocycles. The van der Waals surface area contributed by atoms with Crippen LogP contribution >= 0.6 is 0 Å². The van der Waals surface area contributed by atoms with Crippen molar-refractivity contribution in [3.05, 3.63) is 31.5 Å². The fraction of sp³-hybridized carbons (Fsp3) is 0.739. The van der Waals surface area contributed by atoms with Gasteiger partial charge >= 0.3 is 17.1 Å². The number of isocyanates is 2. The largest absolute Gasteiger partial charge is 0.336 e. The number of nitrogens with zero attached hydrogens (tertiary/aromatic N) is 6. The molecule has 0 aliphatic rings. The number of unbranched alkanes of at least 4 members (excludes halogenated alkanes) is 9. The van der Waals surface area contributed by atoms with E-state index in [1.54, 1.807) is 0 Å². The highest BCUT2D eigenvalue weighted by Crippen LogP contribution is 2.04. The van der Waals surface area contributed by atoms with E-state index in [9.17, 15) is 24.0 Å². The van der Waals surface area contributed by atoms with Crippen LogP contribution in [-0.4, -0.2) is 39.0 Å². The van der Waals surface area contributed by atoms with Crippen LogP contribution in [0.1, 0.15) is 77.0 Å². The first-order chi connectivity index (χ1) is 16.6. The van der Waals surface area contributed by atoms with Gasteiger partial charge in [0.05, 0.1) is 19.2 Å². The molecule has 1 rings (SSSR count). The van der Waals surface area contributed by atoms with Crippen LogP contribution in [0.25, 0.3) is 0 Å². The predicted molar refractivity (Wildman–Crippen MR) is 126 cm³/mol. The van der Waals surface area contributed by atoms with Gasteiger partial charge in [0.1, 0.15) is 0 Å². The van der Waals surface area contributed by atoms with Gasteiger partial charge in [-0.25, -0.2) is 47.7 Å². The molecule has 186 valence electrons. The maximum absolute atomic E-state index is 12.9. The fourth-order valence-corrected chi connectivity index (χ4v) is 3.63. The highest BCUT2D eigenvalue weighted by atomic mass is 16.2. The molecule has 11 heteroatoms. The standard InChI is InChI=1S/C23H34N6O5/c24-13-7-2-1-4-10-16-27-21(32)28(17-11-5-3-8-14-25-19-30)23(34)29(22(27)33)18-12-6-9-15-26-20-31/h1-12,14-18H2. The van der Waals surface area contributed by atoms with E-state index in [2.05, 4.69) is 16.1 Å². The minimum Gasteiger partial charge on any atom is -0.247 e. The van der Waals surface area contributed by atoms with E-state index < -0.39 is 17.1 Å². The molecule has 1 heterocycles. The maximum atomic E-state index is 12.9. The van der Waals surface area contributed by atoms with Crippen molar-refractivity contribution in [1.29, 1.82) is 5.26 Å². The number of hydrogen-bond acceptors (Lipinski definition) is 8. The predicted octanol–water partition coefficient (Wildman–Crippen LogP) is 2.05. The smallest absolute Gasteiger partial charge is 0.247 e. The molecule has 0 radical (unpaired) electrons. The lowest BCUT2D eigenvalue weighted by Gasteiger charge is -2.14. The van der Waals surface area contributed by atoms with Crippen LogP contribution in [0.4, 0.5) is 0 Å².